The van der Waals surface area contributed by atoms with Crippen LogP contribution >= 0.6 is 12.6 Å². The second kappa shape index (κ2) is 13.1. The first-order chi connectivity index (χ1) is 8.88. The van der Waals surface area contributed by atoms with Crippen molar-refractivity contribution in [1.29, 1.82) is 5.41 Å². The molecule has 9 nitrogen and oxygen atoms in total. The van der Waals surface area contributed by atoms with Crippen molar-refractivity contribution >= 4 is 30.8 Å². The molecule has 0 bridgehead atoms. The Hall–Kier alpha value is -1.36. The third-order valence-electron chi connectivity index (χ3n) is 1.90. The van der Waals surface area contributed by atoms with Gasteiger partial charge in [-0.1, -0.05) is 0 Å². The lowest BCUT2D eigenvalue weighted by Gasteiger charge is -2.06. The van der Waals surface area contributed by atoms with Gasteiger partial charge in [0, 0.05) is 12.3 Å². The first-order valence-electron chi connectivity index (χ1n) is 5.47. The average molecular weight is 294 g/mol. The number of hydrazine groups is 1. The Morgan fingerprint density at radius 1 is 1.53 bits per heavy atom. The van der Waals surface area contributed by atoms with E-state index in [2.05, 4.69) is 23.4 Å². The molecule has 0 unspecified atom stereocenters. The van der Waals surface area contributed by atoms with E-state index in [9.17, 15) is 9.59 Å². The lowest BCUT2D eigenvalue weighted by molar-refractivity contribution is -0.138. The van der Waals surface area contributed by atoms with Gasteiger partial charge in [-0.15, -0.1) is 0 Å². The fraction of sp³-hybridized carbons (Fsp3) is 0.667. The zero-order chi connectivity index (χ0) is 15.3. The van der Waals surface area contributed by atoms with Gasteiger partial charge >= 0.3 is 5.97 Å². The van der Waals surface area contributed by atoms with Crippen molar-refractivity contribution in [2.24, 2.45) is 17.3 Å². The number of carboxylic acids is 1. The van der Waals surface area contributed by atoms with Crippen LogP contribution in [-0.4, -0.2) is 47.7 Å². The van der Waals surface area contributed by atoms with Crippen LogP contribution in [0.1, 0.15) is 12.8 Å². The van der Waals surface area contributed by atoms with Crippen molar-refractivity contribution in [1.82, 2.24) is 10.7 Å². The van der Waals surface area contributed by atoms with Crippen molar-refractivity contribution in [2.75, 3.05) is 12.3 Å². The summed E-state index contributed by atoms with van der Waals surface area (Å²) in [5.41, 5.74) is 12.5. The summed E-state index contributed by atoms with van der Waals surface area (Å²) < 4.78 is 0. The molecular formula is C9H22N6O3S. The summed E-state index contributed by atoms with van der Waals surface area (Å²) in [4.78, 5) is 20.0. The van der Waals surface area contributed by atoms with Crippen molar-refractivity contribution in [3.8, 4) is 0 Å². The predicted octanol–water partition coefficient (Wildman–Crippen LogP) is -2.39. The van der Waals surface area contributed by atoms with Gasteiger partial charge in [0.2, 0.25) is 0 Å². The molecule has 0 aliphatic carbocycles. The molecule has 0 aromatic carbocycles. The van der Waals surface area contributed by atoms with E-state index in [1.165, 1.54) is 0 Å². The van der Waals surface area contributed by atoms with E-state index in [0.29, 0.717) is 31.4 Å². The zero-order valence-corrected chi connectivity index (χ0v) is 11.4. The largest absolute Gasteiger partial charge is 0.480 e. The standard InChI is InChI=1S/C6H14N4O2.C3H8N2OS/c7-4(5(11)12)2-1-3-10-6(8)9;4-5-3(1-6)2-7/h4H,1-3,7H2,(H,11,12)(H4,8,9,10);1,3,5,7H,2,4H2/t4-;3-/m01/s1. The number of nitrogens with one attached hydrogen (secondary N) is 3. The summed E-state index contributed by atoms with van der Waals surface area (Å²) in [5, 5.41) is 17.7. The summed E-state index contributed by atoms with van der Waals surface area (Å²) in [7, 11) is 0. The number of carbonyl (C=O) groups excluding carboxylic acids is 1. The molecule has 0 aliphatic heterocycles. The minimum atomic E-state index is -1.00. The van der Waals surface area contributed by atoms with Crippen LogP contribution in [0.4, 0.5) is 0 Å². The Labute approximate surface area is 117 Å². The first-order valence-corrected chi connectivity index (χ1v) is 6.10. The minimum Gasteiger partial charge on any atom is -0.480 e. The summed E-state index contributed by atoms with van der Waals surface area (Å²) >= 11 is 3.80. The molecule has 0 aromatic rings. The monoisotopic (exact) mass is 294 g/mol. The number of guanidine groups is 1. The Morgan fingerprint density at radius 2 is 2.11 bits per heavy atom. The van der Waals surface area contributed by atoms with Crippen LogP contribution in [0.15, 0.2) is 0 Å². The molecule has 0 rings (SSSR count). The Balaban J connectivity index is 0. The summed E-state index contributed by atoms with van der Waals surface area (Å²) in [6, 6.07) is -1.12. The van der Waals surface area contributed by atoms with Gasteiger partial charge in [0.15, 0.2) is 5.96 Å². The number of hydrogen-bond donors (Lipinski definition) is 8. The number of rotatable bonds is 8. The van der Waals surface area contributed by atoms with Crippen LogP contribution in [0.3, 0.4) is 0 Å². The van der Waals surface area contributed by atoms with E-state index in [1.807, 2.05) is 0 Å². The molecule has 0 saturated carbocycles. The van der Waals surface area contributed by atoms with Gasteiger partial charge in [-0.05, 0) is 12.8 Å². The number of aliphatic carboxylic acids is 1. The van der Waals surface area contributed by atoms with Crippen LogP contribution in [0.2, 0.25) is 0 Å². The Kier molecular flexibility index (Phi) is 13.7. The molecule has 2 atom stereocenters. The van der Waals surface area contributed by atoms with Crippen molar-refractivity contribution in [2.45, 2.75) is 24.9 Å². The van der Waals surface area contributed by atoms with Gasteiger partial charge in [-0.2, -0.15) is 12.6 Å². The second-order valence-corrected chi connectivity index (χ2v) is 3.88. The van der Waals surface area contributed by atoms with E-state index >= 15 is 0 Å². The maximum atomic E-state index is 10.2. The van der Waals surface area contributed by atoms with Crippen LogP contribution in [-0.2, 0) is 9.59 Å². The maximum Gasteiger partial charge on any atom is 0.320 e. The van der Waals surface area contributed by atoms with Crippen molar-refractivity contribution in [3.63, 3.8) is 0 Å². The fourth-order valence-corrected chi connectivity index (χ4v) is 0.995. The molecule has 0 radical (unpaired) electrons. The van der Waals surface area contributed by atoms with Crippen LogP contribution in [0.25, 0.3) is 0 Å². The van der Waals surface area contributed by atoms with E-state index in [0.717, 1.165) is 0 Å². The molecule has 0 aliphatic rings. The van der Waals surface area contributed by atoms with Gasteiger partial charge in [-0.3, -0.25) is 16.0 Å². The molecule has 0 aromatic heterocycles. The topological polar surface area (TPSA) is 180 Å². The van der Waals surface area contributed by atoms with Gasteiger partial charge in [0.1, 0.15) is 12.3 Å². The average Bonchev–Trinajstić information content (AvgIpc) is 2.37. The summed E-state index contributed by atoms with van der Waals surface area (Å²) in [5.74, 6) is 4.19. The number of thiol groups is 1. The molecule has 0 heterocycles. The van der Waals surface area contributed by atoms with Crippen LogP contribution < -0.4 is 28.1 Å². The third kappa shape index (κ3) is 14.6. The fourth-order valence-electron chi connectivity index (χ4n) is 0.804. The molecule has 112 valence electrons. The van der Waals surface area contributed by atoms with Crippen molar-refractivity contribution < 1.29 is 14.7 Å². The smallest absolute Gasteiger partial charge is 0.320 e. The number of nitrogens with two attached hydrogens (primary N) is 3. The minimum absolute atomic E-state index is 0.112. The molecule has 0 amide bonds. The molecule has 19 heavy (non-hydrogen) atoms. The van der Waals surface area contributed by atoms with E-state index in [4.69, 9.17) is 27.8 Å². The van der Waals surface area contributed by atoms with Gasteiger partial charge in [-0.25, -0.2) is 5.43 Å². The summed E-state index contributed by atoms with van der Waals surface area (Å²) in [6.07, 6.45) is 1.69. The van der Waals surface area contributed by atoms with Gasteiger partial charge in [0.05, 0.1) is 6.04 Å². The van der Waals surface area contributed by atoms with Gasteiger partial charge in [0.25, 0.3) is 0 Å². The maximum absolute atomic E-state index is 10.2. The number of carbonyl (C=O) groups is 2. The highest BCUT2D eigenvalue weighted by Gasteiger charge is 2.09. The van der Waals surface area contributed by atoms with Gasteiger partial charge < -0.3 is 26.7 Å². The van der Waals surface area contributed by atoms with E-state index in [1.54, 1.807) is 0 Å². The zero-order valence-electron chi connectivity index (χ0n) is 10.5. The molecule has 10 heteroatoms. The highest BCUT2D eigenvalue weighted by atomic mass is 32.1. The highest BCUT2D eigenvalue weighted by molar-refractivity contribution is 7.80. The molecule has 0 spiro atoms. The second-order valence-electron chi connectivity index (χ2n) is 3.52. The lowest BCUT2D eigenvalue weighted by atomic mass is 10.2. The molecular weight excluding hydrogens is 272 g/mol. The first kappa shape index (κ1) is 20.0. The van der Waals surface area contributed by atoms with Crippen LogP contribution in [0, 0.1) is 5.41 Å². The van der Waals surface area contributed by atoms with E-state index < -0.39 is 12.0 Å². The van der Waals surface area contributed by atoms with E-state index in [-0.39, 0.29) is 12.0 Å². The van der Waals surface area contributed by atoms with Crippen molar-refractivity contribution in [3.05, 3.63) is 0 Å². The summed E-state index contributed by atoms with van der Waals surface area (Å²) in [6.45, 7) is 0.482. The predicted molar refractivity (Wildman–Crippen MR) is 75.8 cm³/mol. The third-order valence-corrected chi connectivity index (χ3v) is 2.29. The van der Waals surface area contributed by atoms with Crippen LogP contribution in [0.5, 0.6) is 0 Å². The normalized spacial score (nSPS) is 12.6. The Bertz CT molecular complexity index is 275. The molecule has 0 saturated heterocycles. The SMILES string of the molecule is N=C(N)NCCC[C@H](N)C(=O)O.NN[C@H](C=O)CS. The quantitative estimate of drug-likeness (QED) is 0.0464. The Morgan fingerprint density at radius 3 is 2.37 bits per heavy atom. The lowest BCUT2D eigenvalue weighted by Crippen LogP contribution is -2.37. The number of aldehydes is 1. The highest BCUT2D eigenvalue weighted by Crippen LogP contribution is 1.92. The molecule has 10 N–H and O–H groups in total. The number of carboxylic acid groups (broad SMARTS) is 1. The molecule has 0 fully saturated rings. The number of hydrogen-bond acceptors (Lipinski definition) is 7.